The molecule has 0 fully saturated rings. The van der Waals surface area contributed by atoms with Gasteiger partial charge in [0.2, 0.25) is 5.95 Å². The van der Waals surface area contributed by atoms with E-state index in [0.29, 0.717) is 35.8 Å². The number of ether oxygens (including phenoxy) is 1. The third-order valence-corrected chi connectivity index (χ3v) is 3.18. The first-order valence-electron chi connectivity index (χ1n) is 6.27. The lowest BCUT2D eigenvalue weighted by Crippen LogP contribution is -2.10. The molecule has 0 saturated carbocycles. The van der Waals surface area contributed by atoms with Gasteiger partial charge in [0.05, 0.1) is 13.5 Å². The zero-order valence-corrected chi connectivity index (χ0v) is 12.5. The van der Waals surface area contributed by atoms with E-state index in [1.165, 1.54) is 36.2 Å². The fourth-order valence-corrected chi connectivity index (χ4v) is 2.14. The Morgan fingerprint density at radius 2 is 2.29 bits per heavy atom. The van der Waals surface area contributed by atoms with Crippen LogP contribution >= 0.6 is 11.8 Å². The van der Waals surface area contributed by atoms with Crippen LogP contribution in [-0.4, -0.2) is 55.1 Å². The summed E-state index contributed by atoms with van der Waals surface area (Å²) >= 11 is 1.35. The molecule has 0 aliphatic heterocycles. The van der Waals surface area contributed by atoms with E-state index >= 15 is 0 Å². The Morgan fingerprint density at radius 3 is 2.95 bits per heavy atom. The van der Waals surface area contributed by atoms with Gasteiger partial charge in [-0.1, -0.05) is 11.8 Å². The minimum Gasteiger partial charge on any atom is -0.469 e. The predicted octanol–water partition coefficient (Wildman–Crippen LogP) is 0.539. The average Bonchev–Trinajstić information content (AvgIpc) is 3.01. The lowest BCUT2D eigenvalue weighted by molar-refractivity contribution is -0.140. The number of carbonyl (C=O) groups excluding carboxylic acids is 1. The van der Waals surface area contributed by atoms with Crippen LogP contribution in [0.5, 0.6) is 0 Å². The van der Waals surface area contributed by atoms with Crippen LogP contribution in [-0.2, 0) is 9.53 Å². The number of nitrogens with zero attached hydrogens (tertiary/aromatic N) is 6. The molecular formula is C11H15N7O2S. The van der Waals surface area contributed by atoms with Crippen molar-refractivity contribution in [3.8, 4) is 5.95 Å². The van der Waals surface area contributed by atoms with E-state index in [-0.39, 0.29) is 5.97 Å². The molecule has 21 heavy (non-hydrogen) atoms. The maximum atomic E-state index is 11.1. The molecule has 0 radical (unpaired) electrons. The zero-order valence-electron chi connectivity index (χ0n) is 11.7. The van der Waals surface area contributed by atoms with Crippen LogP contribution in [0, 0.1) is 0 Å². The standard InChI is InChI=1S/C11H15N7O2S/c1-3-13-9-15-10(18-7-12-6-14-18)17-11(16-9)21-5-4-8(19)20-2/h6-7H,3-5H2,1-2H3,(H,13,15,16,17). The van der Waals surface area contributed by atoms with E-state index < -0.39 is 0 Å². The fraction of sp³-hybridized carbons (Fsp3) is 0.455. The van der Waals surface area contributed by atoms with Crippen LogP contribution in [0.25, 0.3) is 5.95 Å². The van der Waals surface area contributed by atoms with Crippen molar-refractivity contribution in [2.75, 3.05) is 24.7 Å². The second-order valence-corrected chi connectivity index (χ2v) is 4.85. The van der Waals surface area contributed by atoms with Gasteiger partial charge in [-0.3, -0.25) is 4.79 Å². The Balaban J connectivity index is 2.14. The van der Waals surface area contributed by atoms with E-state index in [1.54, 1.807) is 0 Å². The molecule has 1 N–H and O–H groups in total. The van der Waals surface area contributed by atoms with Crippen molar-refractivity contribution in [2.45, 2.75) is 18.5 Å². The van der Waals surface area contributed by atoms with E-state index in [4.69, 9.17) is 0 Å². The second-order valence-electron chi connectivity index (χ2n) is 3.79. The van der Waals surface area contributed by atoms with Crippen molar-refractivity contribution < 1.29 is 9.53 Å². The van der Waals surface area contributed by atoms with Gasteiger partial charge in [-0.2, -0.15) is 24.7 Å². The monoisotopic (exact) mass is 309 g/mol. The minimum atomic E-state index is -0.264. The van der Waals surface area contributed by atoms with Crippen LogP contribution in [0.3, 0.4) is 0 Å². The average molecular weight is 309 g/mol. The first kappa shape index (κ1) is 15.2. The molecule has 0 aliphatic rings. The molecule has 0 saturated heterocycles. The number of hydrogen-bond donors (Lipinski definition) is 1. The highest BCUT2D eigenvalue weighted by Gasteiger charge is 2.10. The normalized spacial score (nSPS) is 10.4. The first-order chi connectivity index (χ1) is 10.2. The van der Waals surface area contributed by atoms with Gasteiger partial charge in [0.25, 0.3) is 5.95 Å². The van der Waals surface area contributed by atoms with E-state index in [1.807, 2.05) is 6.92 Å². The van der Waals surface area contributed by atoms with E-state index in [0.717, 1.165) is 0 Å². The van der Waals surface area contributed by atoms with Crippen molar-refractivity contribution in [3.63, 3.8) is 0 Å². The number of hydrogen-bond acceptors (Lipinski definition) is 9. The molecule has 112 valence electrons. The summed E-state index contributed by atoms with van der Waals surface area (Å²) < 4.78 is 6.04. The second kappa shape index (κ2) is 7.53. The van der Waals surface area contributed by atoms with Crippen LogP contribution < -0.4 is 5.32 Å². The van der Waals surface area contributed by atoms with Gasteiger partial charge in [0.1, 0.15) is 12.7 Å². The lowest BCUT2D eigenvalue weighted by Gasteiger charge is -2.06. The number of nitrogens with one attached hydrogen (secondary N) is 1. The topological polar surface area (TPSA) is 108 Å². The summed E-state index contributed by atoms with van der Waals surface area (Å²) in [5.41, 5.74) is 0. The highest BCUT2D eigenvalue weighted by Crippen LogP contribution is 2.17. The summed E-state index contributed by atoms with van der Waals surface area (Å²) in [6, 6.07) is 0. The van der Waals surface area contributed by atoms with Crippen LogP contribution in [0.4, 0.5) is 5.95 Å². The van der Waals surface area contributed by atoms with Crippen molar-refractivity contribution in [1.82, 2.24) is 29.7 Å². The maximum Gasteiger partial charge on any atom is 0.306 e. The number of carbonyl (C=O) groups is 1. The highest BCUT2D eigenvalue weighted by atomic mass is 32.2. The molecule has 10 heteroatoms. The van der Waals surface area contributed by atoms with Crippen molar-refractivity contribution >= 4 is 23.7 Å². The Kier molecular flexibility index (Phi) is 5.43. The molecule has 0 atom stereocenters. The summed E-state index contributed by atoms with van der Waals surface area (Å²) in [6.45, 7) is 2.63. The smallest absolute Gasteiger partial charge is 0.306 e. The van der Waals surface area contributed by atoms with Crippen LogP contribution in [0.15, 0.2) is 17.8 Å². The third-order valence-electron chi connectivity index (χ3n) is 2.33. The SMILES string of the molecule is CCNc1nc(SCCC(=O)OC)nc(-n2cncn2)n1. The molecule has 9 nitrogen and oxygen atoms in total. The quantitative estimate of drug-likeness (QED) is 0.579. The molecule has 0 bridgehead atoms. The van der Waals surface area contributed by atoms with Gasteiger partial charge in [-0.25, -0.2) is 4.98 Å². The Hall–Kier alpha value is -2.23. The number of rotatable bonds is 7. The van der Waals surface area contributed by atoms with E-state index in [9.17, 15) is 4.79 Å². The van der Waals surface area contributed by atoms with Gasteiger partial charge >= 0.3 is 5.97 Å². The molecule has 0 spiro atoms. The maximum absolute atomic E-state index is 11.1. The molecule has 2 aromatic heterocycles. The van der Waals surface area contributed by atoms with Gasteiger partial charge in [0, 0.05) is 12.3 Å². The minimum absolute atomic E-state index is 0.264. The summed E-state index contributed by atoms with van der Waals surface area (Å²) in [6.07, 6.45) is 3.21. The summed E-state index contributed by atoms with van der Waals surface area (Å²) in [5, 5.41) is 7.53. The van der Waals surface area contributed by atoms with Gasteiger partial charge in [0.15, 0.2) is 5.16 Å². The molecule has 2 rings (SSSR count). The van der Waals surface area contributed by atoms with Crippen LogP contribution in [0.1, 0.15) is 13.3 Å². The molecular weight excluding hydrogens is 294 g/mol. The Bertz CT molecular complexity index is 590. The molecule has 0 aromatic carbocycles. The molecule has 0 aliphatic carbocycles. The van der Waals surface area contributed by atoms with Gasteiger partial charge < -0.3 is 10.1 Å². The van der Waals surface area contributed by atoms with Gasteiger partial charge in [-0.05, 0) is 6.92 Å². The largest absolute Gasteiger partial charge is 0.469 e. The third kappa shape index (κ3) is 4.38. The van der Waals surface area contributed by atoms with Crippen molar-refractivity contribution in [3.05, 3.63) is 12.7 Å². The molecule has 0 unspecified atom stereocenters. The molecule has 2 heterocycles. The van der Waals surface area contributed by atoms with Crippen molar-refractivity contribution in [1.29, 1.82) is 0 Å². The number of anilines is 1. The lowest BCUT2D eigenvalue weighted by atomic mass is 10.5. The van der Waals surface area contributed by atoms with Crippen LogP contribution in [0.2, 0.25) is 0 Å². The highest BCUT2D eigenvalue weighted by molar-refractivity contribution is 7.99. The van der Waals surface area contributed by atoms with Gasteiger partial charge in [-0.15, -0.1) is 0 Å². The predicted molar refractivity (Wildman–Crippen MR) is 76.3 cm³/mol. The number of thioether (sulfide) groups is 1. The number of methoxy groups -OCH3 is 1. The van der Waals surface area contributed by atoms with Crippen molar-refractivity contribution in [2.24, 2.45) is 0 Å². The summed E-state index contributed by atoms with van der Waals surface area (Å²) in [5.74, 6) is 1.09. The Morgan fingerprint density at radius 1 is 1.43 bits per heavy atom. The fourth-order valence-electron chi connectivity index (χ4n) is 1.39. The Labute approximate surface area is 125 Å². The zero-order chi connectivity index (χ0) is 15.1. The summed E-state index contributed by atoms with van der Waals surface area (Å²) in [4.78, 5) is 27.8. The first-order valence-corrected chi connectivity index (χ1v) is 7.26. The number of esters is 1. The molecule has 2 aromatic rings. The van der Waals surface area contributed by atoms with E-state index in [2.05, 4.69) is 35.1 Å². The number of aromatic nitrogens is 6. The summed E-state index contributed by atoms with van der Waals surface area (Å²) in [7, 11) is 1.36. The molecule has 0 amide bonds.